The van der Waals surface area contributed by atoms with Gasteiger partial charge < -0.3 is 14.8 Å². The summed E-state index contributed by atoms with van der Waals surface area (Å²) in [6, 6.07) is 24.8. The quantitative estimate of drug-likeness (QED) is 0.289. The summed E-state index contributed by atoms with van der Waals surface area (Å²) in [5.41, 5.74) is 3.62. The number of ether oxygens (including phenoxy) is 2. The summed E-state index contributed by atoms with van der Waals surface area (Å²) in [7, 11) is -0.514. The molecule has 1 heterocycles. The van der Waals surface area contributed by atoms with Gasteiger partial charge in [0.25, 0.3) is 10.0 Å². The highest BCUT2D eigenvalue weighted by atomic mass is 32.2. The highest BCUT2D eigenvalue weighted by molar-refractivity contribution is 7.92. The van der Waals surface area contributed by atoms with Gasteiger partial charge in [-0.15, -0.1) is 0 Å². The van der Waals surface area contributed by atoms with Crippen molar-refractivity contribution in [3.8, 4) is 11.5 Å². The molecule has 0 saturated carbocycles. The van der Waals surface area contributed by atoms with Crippen LogP contribution in [0.15, 0.2) is 95.9 Å². The second kappa shape index (κ2) is 9.16. The molecule has 0 bridgehead atoms. The van der Waals surface area contributed by atoms with Gasteiger partial charge in [0.15, 0.2) is 11.5 Å². The topological polar surface area (TPSA) is 76.7 Å². The second-order valence-electron chi connectivity index (χ2n) is 9.47. The van der Waals surface area contributed by atoms with Gasteiger partial charge in [0.2, 0.25) is 0 Å². The lowest BCUT2D eigenvalue weighted by Gasteiger charge is -2.38. The second-order valence-corrected chi connectivity index (χ2v) is 11.2. The lowest BCUT2D eigenvalue weighted by Crippen LogP contribution is -2.29. The summed E-state index contributed by atoms with van der Waals surface area (Å²) in [5.74, 6) is 1.75. The van der Waals surface area contributed by atoms with E-state index in [2.05, 4.69) is 28.3 Å². The van der Waals surface area contributed by atoms with Gasteiger partial charge in [-0.25, -0.2) is 8.42 Å². The lowest BCUT2D eigenvalue weighted by molar-refractivity contribution is 0.353. The van der Waals surface area contributed by atoms with Crippen LogP contribution in [0, 0.1) is 5.92 Å². The average molecular weight is 513 g/mol. The van der Waals surface area contributed by atoms with Gasteiger partial charge in [-0.05, 0) is 65.3 Å². The van der Waals surface area contributed by atoms with Crippen molar-refractivity contribution >= 4 is 32.2 Å². The number of methoxy groups -OCH3 is 2. The molecule has 188 valence electrons. The predicted molar refractivity (Wildman–Crippen MR) is 147 cm³/mol. The van der Waals surface area contributed by atoms with Gasteiger partial charge in [-0.1, -0.05) is 54.6 Å². The summed E-state index contributed by atoms with van der Waals surface area (Å²) < 4.78 is 40.7. The number of hydrogen-bond donors (Lipinski definition) is 2. The Hall–Kier alpha value is -3.97. The Labute approximate surface area is 217 Å². The third-order valence-electron chi connectivity index (χ3n) is 7.45. The first-order valence-corrected chi connectivity index (χ1v) is 13.8. The van der Waals surface area contributed by atoms with Crippen molar-refractivity contribution in [1.29, 1.82) is 0 Å². The Kier molecular flexibility index (Phi) is 5.80. The van der Waals surface area contributed by atoms with Gasteiger partial charge in [0.05, 0.1) is 30.8 Å². The fourth-order valence-corrected chi connectivity index (χ4v) is 6.75. The maximum Gasteiger partial charge on any atom is 0.261 e. The van der Waals surface area contributed by atoms with Crippen LogP contribution >= 0.6 is 0 Å². The van der Waals surface area contributed by atoms with E-state index in [4.69, 9.17) is 9.47 Å². The van der Waals surface area contributed by atoms with Gasteiger partial charge in [0.1, 0.15) is 0 Å². The molecule has 3 atom stereocenters. The van der Waals surface area contributed by atoms with Crippen molar-refractivity contribution in [3.63, 3.8) is 0 Å². The van der Waals surface area contributed by atoms with E-state index in [9.17, 15) is 8.42 Å². The lowest BCUT2D eigenvalue weighted by atomic mass is 9.77. The van der Waals surface area contributed by atoms with Crippen LogP contribution in [0.5, 0.6) is 11.5 Å². The SMILES string of the molecule is COc1ccc([C@H]2Nc3ccc(S(=O)(=O)Nc4cccc5ccccc45)cc3[C@H]3C=CC[C@H]32)cc1OC. The first-order valence-electron chi connectivity index (χ1n) is 12.3. The minimum absolute atomic E-state index is 0.0589. The number of sulfonamides is 1. The normalized spacial score (nSPS) is 20.1. The Bertz CT molecular complexity index is 1620. The fraction of sp³-hybridized carbons (Fsp3) is 0.200. The van der Waals surface area contributed by atoms with Gasteiger partial charge in [-0.3, -0.25) is 4.72 Å². The Balaban J connectivity index is 1.34. The minimum atomic E-state index is -3.78. The van der Waals surface area contributed by atoms with E-state index in [0.717, 1.165) is 34.0 Å². The highest BCUT2D eigenvalue weighted by Gasteiger charge is 2.38. The largest absolute Gasteiger partial charge is 0.493 e. The third kappa shape index (κ3) is 4.09. The summed E-state index contributed by atoms with van der Waals surface area (Å²) in [6.45, 7) is 0. The number of allylic oxidation sites excluding steroid dienone is 2. The van der Waals surface area contributed by atoms with Crippen LogP contribution in [0.25, 0.3) is 10.8 Å². The molecule has 7 heteroatoms. The third-order valence-corrected chi connectivity index (χ3v) is 8.81. The Morgan fingerprint density at radius 1 is 0.892 bits per heavy atom. The number of benzene rings is 4. The number of fused-ring (bicyclic) bond motifs is 4. The van der Waals surface area contributed by atoms with E-state index in [0.29, 0.717) is 17.2 Å². The number of anilines is 2. The summed E-state index contributed by atoms with van der Waals surface area (Å²) in [6.07, 6.45) is 5.30. The van der Waals surface area contributed by atoms with Crippen LogP contribution in [-0.2, 0) is 10.0 Å². The van der Waals surface area contributed by atoms with E-state index in [1.54, 1.807) is 26.4 Å². The number of nitrogens with one attached hydrogen (secondary N) is 2. The monoisotopic (exact) mass is 512 g/mol. The Morgan fingerprint density at radius 3 is 2.54 bits per heavy atom. The molecule has 2 N–H and O–H groups in total. The van der Waals surface area contributed by atoms with Crippen LogP contribution in [0.4, 0.5) is 11.4 Å². The molecule has 0 radical (unpaired) electrons. The minimum Gasteiger partial charge on any atom is -0.493 e. The van der Waals surface area contributed by atoms with Crippen LogP contribution in [0.3, 0.4) is 0 Å². The first kappa shape index (κ1) is 23.4. The zero-order chi connectivity index (χ0) is 25.6. The van der Waals surface area contributed by atoms with Crippen LogP contribution in [0.1, 0.15) is 29.5 Å². The Morgan fingerprint density at radius 2 is 1.70 bits per heavy atom. The molecule has 0 spiro atoms. The molecule has 2 aliphatic rings. The van der Waals surface area contributed by atoms with Crippen molar-refractivity contribution in [3.05, 3.63) is 102 Å². The molecular formula is C30H28N2O4S. The summed E-state index contributed by atoms with van der Waals surface area (Å²) in [5, 5.41) is 5.52. The molecule has 0 unspecified atom stereocenters. The van der Waals surface area contributed by atoms with Gasteiger partial charge in [-0.2, -0.15) is 0 Å². The molecule has 6 nitrogen and oxygen atoms in total. The van der Waals surface area contributed by atoms with Crippen LogP contribution in [-0.4, -0.2) is 22.6 Å². The van der Waals surface area contributed by atoms with Crippen molar-refractivity contribution in [2.24, 2.45) is 5.92 Å². The maximum absolute atomic E-state index is 13.5. The fourth-order valence-electron chi connectivity index (χ4n) is 5.63. The van der Waals surface area contributed by atoms with Crippen molar-refractivity contribution in [1.82, 2.24) is 0 Å². The molecule has 0 aromatic heterocycles. The molecule has 0 saturated heterocycles. The zero-order valence-corrected chi connectivity index (χ0v) is 21.5. The van der Waals surface area contributed by atoms with Crippen molar-refractivity contribution < 1.29 is 17.9 Å². The summed E-state index contributed by atoms with van der Waals surface area (Å²) in [4.78, 5) is 0.254. The molecule has 1 aliphatic heterocycles. The maximum atomic E-state index is 13.5. The van der Waals surface area contributed by atoms with Gasteiger partial charge >= 0.3 is 0 Å². The van der Waals surface area contributed by atoms with Crippen LogP contribution < -0.4 is 19.5 Å². The molecular weight excluding hydrogens is 484 g/mol. The molecule has 0 amide bonds. The molecule has 37 heavy (non-hydrogen) atoms. The standard InChI is InChI=1S/C30H28N2O4S/c1-35-28-16-13-20(17-29(28)36-2)30-24-11-6-10-23(24)25-18-21(14-15-26(25)31-30)37(33,34)32-27-12-5-8-19-7-3-4-9-22(19)27/h3-10,12-18,23-24,30-32H,11H2,1-2H3/t23-,24+,30+/m0/s1. The number of hydrogen-bond acceptors (Lipinski definition) is 5. The van der Waals surface area contributed by atoms with Crippen LogP contribution in [0.2, 0.25) is 0 Å². The predicted octanol–water partition coefficient (Wildman–Crippen LogP) is 6.48. The molecule has 6 rings (SSSR count). The molecule has 4 aromatic carbocycles. The van der Waals surface area contributed by atoms with E-state index in [1.165, 1.54) is 0 Å². The van der Waals surface area contributed by atoms with Gasteiger partial charge in [0, 0.05) is 17.0 Å². The van der Waals surface area contributed by atoms with E-state index >= 15 is 0 Å². The van der Waals surface area contributed by atoms with Crippen molar-refractivity contribution in [2.45, 2.75) is 23.3 Å². The molecule has 1 aliphatic carbocycles. The smallest absolute Gasteiger partial charge is 0.261 e. The van der Waals surface area contributed by atoms with E-state index in [-0.39, 0.29) is 22.8 Å². The van der Waals surface area contributed by atoms with Crippen molar-refractivity contribution in [2.75, 3.05) is 24.3 Å². The van der Waals surface area contributed by atoms with E-state index < -0.39 is 10.0 Å². The first-order chi connectivity index (χ1) is 18.0. The average Bonchev–Trinajstić information content (AvgIpc) is 3.42. The number of rotatable bonds is 6. The molecule has 0 fully saturated rings. The summed E-state index contributed by atoms with van der Waals surface area (Å²) >= 11 is 0. The van der Waals surface area contributed by atoms with E-state index in [1.807, 2.05) is 60.7 Å². The highest BCUT2D eigenvalue weighted by Crippen LogP contribution is 2.51. The zero-order valence-electron chi connectivity index (χ0n) is 20.6. The molecule has 4 aromatic rings.